The third-order valence-corrected chi connectivity index (χ3v) is 3.64. The van der Waals surface area contributed by atoms with Crippen molar-refractivity contribution in [2.75, 3.05) is 7.05 Å². The van der Waals surface area contributed by atoms with Crippen LogP contribution in [-0.4, -0.2) is 24.5 Å². The maximum atomic E-state index is 12.1. The number of hydrogen-bond acceptors (Lipinski definition) is 3. The second kappa shape index (κ2) is 10.8. The minimum atomic E-state index is -0.538. The van der Waals surface area contributed by atoms with Gasteiger partial charge in [0.25, 0.3) is 0 Å². The summed E-state index contributed by atoms with van der Waals surface area (Å²) < 4.78 is 5.34. The molecule has 0 spiro atoms. The van der Waals surface area contributed by atoms with Crippen molar-refractivity contribution in [3.8, 4) is 0 Å². The van der Waals surface area contributed by atoms with E-state index in [2.05, 4.69) is 24.9 Å². The maximum absolute atomic E-state index is 12.1. The van der Waals surface area contributed by atoms with E-state index in [0.717, 1.165) is 6.42 Å². The van der Waals surface area contributed by atoms with Gasteiger partial charge in [0.05, 0.1) is 6.42 Å². The van der Waals surface area contributed by atoms with Gasteiger partial charge in [-0.25, -0.2) is 0 Å². The maximum Gasteiger partial charge on any atom is 0.307 e. The van der Waals surface area contributed by atoms with Crippen LogP contribution < -0.4 is 5.32 Å². The molecular weight excluding hydrogens is 302 g/mol. The number of hydrogen-bond donors (Lipinski definition) is 1. The Hall–Kier alpha value is -1.84. The molecule has 0 saturated carbocycles. The van der Waals surface area contributed by atoms with Crippen LogP contribution in [0.1, 0.15) is 53.9 Å². The van der Waals surface area contributed by atoms with E-state index in [1.807, 2.05) is 39.8 Å². The van der Waals surface area contributed by atoms with Crippen molar-refractivity contribution in [2.45, 2.75) is 59.5 Å². The molecule has 0 aromatic rings. The molecule has 1 amide bonds. The van der Waals surface area contributed by atoms with Gasteiger partial charge in [-0.3, -0.25) is 9.59 Å². The van der Waals surface area contributed by atoms with E-state index in [-0.39, 0.29) is 30.1 Å². The predicted molar refractivity (Wildman–Crippen MR) is 99.5 cm³/mol. The number of nitrogens with one attached hydrogen (secondary N) is 1. The van der Waals surface area contributed by atoms with Gasteiger partial charge in [-0.2, -0.15) is 0 Å². The van der Waals surface area contributed by atoms with E-state index >= 15 is 0 Å². The highest BCUT2D eigenvalue weighted by Crippen LogP contribution is 2.23. The largest absolute Gasteiger partial charge is 0.460 e. The number of ether oxygens (including phenoxy) is 1. The first-order valence-electron chi connectivity index (χ1n) is 8.53. The molecule has 0 aromatic carbocycles. The molecule has 0 saturated heterocycles. The van der Waals surface area contributed by atoms with Gasteiger partial charge in [-0.15, -0.1) is 0 Å². The highest BCUT2D eigenvalue weighted by atomic mass is 16.6. The molecule has 0 radical (unpaired) electrons. The molecule has 24 heavy (non-hydrogen) atoms. The summed E-state index contributed by atoms with van der Waals surface area (Å²) in [7, 11) is 1.59. The first kappa shape index (κ1) is 22.2. The fourth-order valence-corrected chi connectivity index (χ4v) is 2.44. The van der Waals surface area contributed by atoms with Crippen LogP contribution in [0, 0.1) is 11.8 Å². The van der Waals surface area contributed by atoms with E-state index in [0.29, 0.717) is 6.42 Å². The Kier molecular flexibility index (Phi) is 10.0. The summed E-state index contributed by atoms with van der Waals surface area (Å²) in [4.78, 5) is 24.1. The van der Waals surface area contributed by atoms with E-state index in [1.165, 1.54) is 5.57 Å². The lowest BCUT2D eigenvalue weighted by molar-refractivity contribution is -0.157. The third kappa shape index (κ3) is 9.33. The fraction of sp³-hybridized carbons (Fsp3) is 0.600. The zero-order chi connectivity index (χ0) is 18.8. The van der Waals surface area contributed by atoms with Crippen LogP contribution in [0.2, 0.25) is 0 Å². The first-order chi connectivity index (χ1) is 11.1. The first-order valence-corrected chi connectivity index (χ1v) is 8.53. The van der Waals surface area contributed by atoms with E-state index < -0.39 is 5.60 Å². The lowest BCUT2D eigenvalue weighted by Gasteiger charge is -2.22. The zero-order valence-corrected chi connectivity index (χ0v) is 16.0. The Labute approximate surface area is 147 Å². The van der Waals surface area contributed by atoms with Crippen molar-refractivity contribution in [3.63, 3.8) is 0 Å². The Balaban J connectivity index is 4.86. The summed E-state index contributed by atoms with van der Waals surface area (Å²) in [5.41, 5.74) is 0.629. The molecule has 4 nitrogen and oxygen atoms in total. The van der Waals surface area contributed by atoms with Crippen molar-refractivity contribution in [1.29, 1.82) is 0 Å². The number of rotatable bonds is 9. The number of carbonyl (C=O) groups excluding carboxylic acids is 2. The van der Waals surface area contributed by atoms with Crippen molar-refractivity contribution >= 4 is 11.9 Å². The molecular formula is C20H33NO3. The quantitative estimate of drug-likeness (QED) is 0.508. The Morgan fingerprint density at radius 2 is 1.88 bits per heavy atom. The molecule has 0 rings (SSSR count). The fourth-order valence-electron chi connectivity index (χ4n) is 2.44. The minimum Gasteiger partial charge on any atom is -0.460 e. The molecule has 1 N–H and O–H groups in total. The normalized spacial score (nSPS) is 15.0. The second-order valence-corrected chi connectivity index (χ2v) is 6.98. The molecule has 0 aliphatic rings. The van der Waals surface area contributed by atoms with Crippen LogP contribution >= 0.6 is 0 Å². The Morgan fingerprint density at radius 3 is 2.33 bits per heavy atom. The van der Waals surface area contributed by atoms with Gasteiger partial charge < -0.3 is 10.1 Å². The SMILES string of the molecule is C=C/C=C(\C=C/C)C(C)CCC(CC(=O)OC(C)(C)C)C(=O)NC. The van der Waals surface area contributed by atoms with Gasteiger partial charge in [0.1, 0.15) is 5.60 Å². The highest BCUT2D eigenvalue weighted by molar-refractivity contribution is 5.83. The molecule has 0 aromatic heterocycles. The average Bonchev–Trinajstić information content (AvgIpc) is 2.48. The van der Waals surface area contributed by atoms with Gasteiger partial charge in [-0.05, 0) is 52.0 Å². The van der Waals surface area contributed by atoms with Crippen LogP contribution in [0.4, 0.5) is 0 Å². The molecule has 0 bridgehead atoms. The van der Waals surface area contributed by atoms with E-state index in [9.17, 15) is 9.59 Å². The standard InChI is InChI=1S/C20H33NO3/c1-8-10-16(11-9-2)15(3)12-13-17(19(23)21-7)14-18(22)24-20(4,5)6/h8-11,15,17H,1,12-14H2,2-7H3,(H,21,23)/b11-9-,16-10+. The van der Waals surface area contributed by atoms with Gasteiger partial charge in [0, 0.05) is 13.0 Å². The third-order valence-electron chi connectivity index (χ3n) is 3.64. The summed E-state index contributed by atoms with van der Waals surface area (Å²) in [6, 6.07) is 0. The Morgan fingerprint density at radius 1 is 1.25 bits per heavy atom. The number of allylic oxidation sites excluding steroid dienone is 5. The van der Waals surface area contributed by atoms with Crippen molar-refractivity contribution in [3.05, 3.63) is 36.5 Å². The topological polar surface area (TPSA) is 55.4 Å². The van der Waals surface area contributed by atoms with E-state index in [4.69, 9.17) is 4.74 Å². The molecule has 0 fully saturated rings. The molecule has 0 heterocycles. The molecule has 4 heteroatoms. The molecule has 0 aliphatic heterocycles. The van der Waals surface area contributed by atoms with Crippen LogP contribution in [0.3, 0.4) is 0 Å². The molecule has 0 aliphatic carbocycles. The van der Waals surface area contributed by atoms with Crippen LogP contribution in [0.25, 0.3) is 0 Å². The smallest absolute Gasteiger partial charge is 0.307 e. The molecule has 2 atom stereocenters. The van der Waals surface area contributed by atoms with Gasteiger partial charge >= 0.3 is 5.97 Å². The highest BCUT2D eigenvalue weighted by Gasteiger charge is 2.25. The summed E-state index contributed by atoms with van der Waals surface area (Å²) >= 11 is 0. The molecule has 2 unspecified atom stereocenters. The van der Waals surface area contributed by atoms with Crippen LogP contribution in [0.15, 0.2) is 36.5 Å². The van der Waals surface area contributed by atoms with Crippen LogP contribution in [-0.2, 0) is 14.3 Å². The van der Waals surface area contributed by atoms with Gasteiger partial charge in [-0.1, -0.05) is 37.8 Å². The number of amides is 1. The lowest BCUT2D eigenvalue weighted by atomic mass is 9.89. The molecule has 136 valence electrons. The number of carbonyl (C=O) groups is 2. The predicted octanol–water partition coefficient (Wildman–Crippen LogP) is 4.19. The summed E-state index contributed by atoms with van der Waals surface area (Å²) in [6.07, 6.45) is 9.33. The summed E-state index contributed by atoms with van der Waals surface area (Å²) in [5, 5.41) is 2.65. The van der Waals surface area contributed by atoms with E-state index in [1.54, 1.807) is 13.1 Å². The Bertz CT molecular complexity index is 484. The van der Waals surface area contributed by atoms with Gasteiger partial charge in [0.2, 0.25) is 5.91 Å². The second-order valence-electron chi connectivity index (χ2n) is 6.98. The van der Waals surface area contributed by atoms with Crippen LogP contribution in [0.5, 0.6) is 0 Å². The van der Waals surface area contributed by atoms with Crippen molar-refractivity contribution < 1.29 is 14.3 Å². The van der Waals surface area contributed by atoms with Gasteiger partial charge in [0.15, 0.2) is 0 Å². The lowest BCUT2D eigenvalue weighted by Crippen LogP contribution is -2.32. The minimum absolute atomic E-state index is 0.105. The monoisotopic (exact) mass is 335 g/mol. The zero-order valence-electron chi connectivity index (χ0n) is 16.0. The average molecular weight is 335 g/mol. The summed E-state index contributed by atoms with van der Waals surface area (Å²) in [6.45, 7) is 13.3. The summed E-state index contributed by atoms with van der Waals surface area (Å²) in [5.74, 6) is -0.541. The van der Waals surface area contributed by atoms with Crippen molar-refractivity contribution in [1.82, 2.24) is 5.32 Å². The number of esters is 1. The van der Waals surface area contributed by atoms with Crippen molar-refractivity contribution in [2.24, 2.45) is 11.8 Å².